The number of hydrogen-bond donors (Lipinski definition) is 2. The second-order valence-corrected chi connectivity index (χ2v) is 6.39. The van der Waals surface area contributed by atoms with Gasteiger partial charge in [0.2, 0.25) is 5.91 Å². The van der Waals surface area contributed by atoms with Crippen LogP contribution in [-0.2, 0) is 16.1 Å². The molecule has 2 heterocycles. The third-order valence-electron chi connectivity index (χ3n) is 3.91. The van der Waals surface area contributed by atoms with Crippen LogP contribution in [0.2, 0.25) is 0 Å². The highest BCUT2D eigenvalue weighted by Gasteiger charge is 2.27. The van der Waals surface area contributed by atoms with Gasteiger partial charge in [0.1, 0.15) is 6.54 Å². The molecule has 9 heteroatoms. The van der Waals surface area contributed by atoms with Gasteiger partial charge in [-0.2, -0.15) is 0 Å². The molecule has 0 spiro atoms. The van der Waals surface area contributed by atoms with Gasteiger partial charge < -0.3 is 10.0 Å². The van der Waals surface area contributed by atoms with Crippen molar-refractivity contribution in [3.8, 4) is 0 Å². The van der Waals surface area contributed by atoms with Crippen LogP contribution in [-0.4, -0.2) is 44.0 Å². The van der Waals surface area contributed by atoms with Crippen molar-refractivity contribution in [1.82, 2.24) is 14.5 Å². The zero-order valence-corrected chi connectivity index (χ0v) is 14.0. The molecule has 1 unspecified atom stereocenters. The van der Waals surface area contributed by atoms with E-state index < -0.39 is 17.2 Å². The summed E-state index contributed by atoms with van der Waals surface area (Å²) in [4.78, 5) is 50.1. The lowest BCUT2D eigenvalue weighted by molar-refractivity contribution is -0.140. The number of aliphatic carboxylic acids is 1. The number of nitrogens with one attached hydrogen (secondary N) is 1. The standard InChI is InChI=1S/C14H18BrN3O5/c15-10-7-17(14(23)16-13(10)22)8-11(19)18-6-2-1-3-9(18)4-5-12(20)21/h7,9H,1-6,8H2,(H,20,21)(H,16,22,23). The van der Waals surface area contributed by atoms with Crippen molar-refractivity contribution in [1.29, 1.82) is 0 Å². The zero-order valence-electron chi connectivity index (χ0n) is 12.5. The Morgan fingerprint density at radius 1 is 1.35 bits per heavy atom. The van der Waals surface area contributed by atoms with Gasteiger partial charge in [0.15, 0.2) is 0 Å². The number of H-pyrrole nitrogens is 1. The summed E-state index contributed by atoms with van der Waals surface area (Å²) >= 11 is 3.03. The molecule has 1 saturated heterocycles. The van der Waals surface area contributed by atoms with Crippen LogP contribution in [0.25, 0.3) is 0 Å². The van der Waals surface area contributed by atoms with Crippen molar-refractivity contribution < 1.29 is 14.7 Å². The van der Waals surface area contributed by atoms with E-state index in [-0.39, 0.29) is 29.4 Å². The average Bonchev–Trinajstić information content (AvgIpc) is 2.50. The second-order valence-electron chi connectivity index (χ2n) is 5.53. The fourth-order valence-electron chi connectivity index (χ4n) is 2.76. The molecule has 1 atom stereocenters. The molecule has 1 aliphatic rings. The Bertz CT molecular complexity index is 711. The Balaban J connectivity index is 2.11. The quantitative estimate of drug-likeness (QED) is 0.765. The molecule has 0 aromatic carbocycles. The van der Waals surface area contributed by atoms with E-state index in [1.807, 2.05) is 0 Å². The van der Waals surface area contributed by atoms with Gasteiger partial charge in [-0.1, -0.05) is 0 Å². The number of carbonyl (C=O) groups is 2. The molecule has 1 fully saturated rings. The summed E-state index contributed by atoms with van der Waals surface area (Å²) in [6.45, 7) is 0.375. The first-order chi connectivity index (χ1) is 10.9. The van der Waals surface area contributed by atoms with Gasteiger partial charge in [-0.3, -0.25) is 23.9 Å². The van der Waals surface area contributed by atoms with E-state index in [9.17, 15) is 19.2 Å². The summed E-state index contributed by atoms with van der Waals surface area (Å²) in [6.07, 6.45) is 4.29. The maximum Gasteiger partial charge on any atom is 0.328 e. The highest BCUT2D eigenvalue weighted by Crippen LogP contribution is 2.21. The van der Waals surface area contributed by atoms with Crippen LogP contribution in [0.3, 0.4) is 0 Å². The summed E-state index contributed by atoms with van der Waals surface area (Å²) < 4.78 is 1.31. The molecule has 8 nitrogen and oxygen atoms in total. The normalized spacial score (nSPS) is 18.0. The smallest absolute Gasteiger partial charge is 0.328 e. The van der Waals surface area contributed by atoms with E-state index in [0.29, 0.717) is 13.0 Å². The number of aromatic nitrogens is 2. The molecular formula is C14H18BrN3O5. The lowest BCUT2D eigenvalue weighted by Crippen LogP contribution is -2.46. The van der Waals surface area contributed by atoms with Crippen molar-refractivity contribution in [3.63, 3.8) is 0 Å². The molecule has 1 aromatic heterocycles. The topological polar surface area (TPSA) is 112 Å². The molecule has 2 rings (SSSR count). The predicted octanol–water partition coefficient (Wildman–Crippen LogP) is 0.545. The number of likely N-dealkylation sites (tertiary alicyclic amines) is 1. The molecule has 0 aliphatic carbocycles. The van der Waals surface area contributed by atoms with Crippen molar-refractivity contribution >= 4 is 27.8 Å². The van der Waals surface area contributed by atoms with E-state index >= 15 is 0 Å². The largest absolute Gasteiger partial charge is 0.481 e. The first-order valence-corrected chi connectivity index (χ1v) is 8.18. The first-order valence-electron chi connectivity index (χ1n) is 7.39. The maximum absolute atomic E-state index is 12.5. The van der Waals surface area contributed by atoms with Gasteiger partial charge >= 0.3 is 11.7 Å². The van der Waals surface area contributed by atoms with Crippen LogP contribution < -0.4 is 11.2 Å². The Morgan fingerprint density at radius 2 is 2.09 bits per heavy atom. The summed E-state index contributed by atoms with van der Waals surface area (Å²) in [7, 11) is 0. The second kappa shape index (κ2) is 7.58. The molecule has 0 bridgehead atoms. The highest BCUT2D eigenvalue weighted by molar-refractivity contribution is 9.10. The monoisotopic (exact) mass is 387 g/mol. The zero-order chi connectivity index (χ0) is 17.0. The SMILES string of the molecule is O=C(O)CCC1CCCCN1C(=O)Cn1cc(Br)c(=O)[nH]c1=O. The van der Waals surface area contributed by atoms with Crippen LogP contribution in [0.5, 0.6) is 0 Å². The van der Waals surface area contributed by atoms with Gasteiger partial charge in [0.05, 0.1) is 4.47 Å². The lowest BCUT2D eigenvalue weighted by Gasteiger charge is -2.35. The van der Waals surface area contributed by atoms with Gasteiger partial charge in [-0.15, -0.1) is 0 Å². The van der Waals surface area contributed by atoms with Crippen LogP contribution in [0.4, 0.5) is 0 Å². The molecule has 2 N–H and O–H groups in total. The summed E-state index contributed by atoms with van der Waals surface area (Å²) in [6, 6.07) is -0.116. The molecule has 1 aliphatic heterocycles. The van der Waals surface area contributed by atoms with Crippen molar-refractivity contribution in [3.05, 3.63) is 31.5 Å². The number of carboxylic acids is 1. The Labute approximate surface area is 140 Å². The Kier molecular flexibility index (Phi) is 5.75. The average molecular weight is 388 g/mol. The third-order valence-corrected chi connectivity index (χ3v) is 4.48. The molecule has 0 radical (unpaired) electrons. The minimum absolute atomic E-state index is 0.0125. The maximum atomic E-state index is 12.5. The summed E-state index contributed by atoms with van der Waals surface area (Å²) in [5.74, 6) is -1.13. The molecule has 126 valence electrons. The number of hydrogen-bond acceptors (Lipinski definition) is 4. The van der Waals surface area contributed by atoms with Crippen molar-refractivity contribution in [2.75, 3.05) is 6.54 Å². The van der Waals surface area contributed by atoms with Gasteiger partial charge in [0.25, 0.3) is 5.56 Å². The summed E-state index contributed by atoms with van der Waals surface area (Å²) in [5, 5.41) is 8.81. The molecule has 1 amide bonds. The number of nitrogens with zero attached hydrogens (tertiary/aromatic N) is 2. The molecule has 23 heavy (non-hydrogen) atoms. The fourth-order valence-corrected chi connectivity index (χ4v) is 3.10. The number of carboxylic acid groups (broad SMARTS) is 1. The van der Waals surface area contributed by atoms with E-state index in [1.54, 1.807) is 4.90 Å². The summed E-state index contributed by atoms with van der Waals surface area (Å²) in [5.41, 5.74) is -1.19. The lowest BCUT2D eigenvalue weighted by atomic mass is 9.98. The van der Waals surface area contributed by atoms with Gasteiger partial charge in [0, 0.05) is 25.2 Å². The predicted molar refractivity (Wildman–Crippen MR) is 85.2 cm³/mol. The first kappa shape index (κ1) is 17.5. The van der Waals surface area contributed by atoms with Crippen LogP contribution >= 0.6 is 15.9 Å². The van der Waals surface area contributed by atoms with Gasteiger partial charge in [-0.25, -0.2) is 4.79 Å². The number of aromatic amines is 1. The number of carbonyl (C=O) groups excluding carboxylic acids is 1. The van der Waals surface area contributed by atoms with Gasteiger partial charge in [-0.05, 0) is 41.6 Å². The number of halogens is 1. The highest BCUT2D eigenvalue weighted by atomic mass is 79.9. The minimum Gasteiger partial charge on any atom is -0.481 e. The van der Waals surface area contributed by atoms with E-state index in [4.69, 9.17) is 5.11 Å². The third kappa shape index (κ3) is 4.54. The van der Waals surface area contributed by atoms with Crippen LogP contribution in [0.1, 0.15) is 32.1 Å². The Morgan fingerprint density at radius 3 is 2.78 bits per heavy atom. The van der Waals surface area contributed by atoms with Crippen LogP contribution in [0.15, 0.2) is 20.3 Å². The number of rotatable bonds is 5. The Hall–Kier alpha value is -1.90. The molecule has 0 saturated carbocycles. The molecular weight excluding hydrogens is 370 g/mol. The van der Waals surface area contributed by atoms with Crippen LogP contribution in [0, 0.1) is 0 Å². The molecule has 1 aromatic rings. The van der Waals surface area contributed by atoms with Crippen molar-refractivity contribution in [2.45, 2.75) is 44.7 Å². The number of amides is 1. The number of piperidine rings is 1. The fraction of sp³-hybridized carbons (Fsp3) is 0.571. The van der Waals surface area contributed by atoms with E-state index in [1.165, 1.54) is 6.20 Å². The van der Waals surface area contributed by atoms with E-state index in [0.717, 1.165) is 23.8 Å². The van der Waals surface area contributed by atoms with E-state index in [2.05, 4.69) is 20.9 Å². The van der Waals surface area contributed by atoms with Crippen molar-refractivity contribution in [2.24, 2.45) is 0 Å². The minimum atomic E-state index is -0.885.